The Hall–Kier alpha value is -1.92. The first-order valence-electron chi connectivity index (χ1n) is 6.26. The molecule has 0 amide bonds. The maximum atomic E-state index is 5.68. The Morgan fingerprint density at radius 1 is 1.47 bits per heavy atom. The number of hydrogen-bond donors (Lipinski definition) is 2. The van der Waals surface area contributed by atoms with Gasteiger partial charge in [-0.25, -0.2) is 5.43 Å². The third kappa shape index (κ3) is 2.91. The minimum absolute atomic E-state index is 0.163. The van der Waals surface area contributed by atoms with Crippen molar-refractivity contribution < 1.29 is 4.74 Å². The summed E-state index contributed by atoms with van der Waals surface area (Å²) in [6.45, 7) is 3.01. The number of nitrogens with zero attached hydrogens (tertiary/aromatic N) is 3. The third-order valence-corrected chi connectivity index (χ3v) is 2.95. The molecule has 102 valence electrons. The molecule has 0 radical (unpaired) electrons. The quantitative estimate of drug-likeness (QED) is 0.604. The average Bonchev–Trinajstić information content (AvgIpc) is 2.89. The lowest BCUT2D eigenvalue weighted by molar-refractivity contribution is 0.402. The van der Waals surface area contributed by atoms with Gasteiger partial charge in [-0.3, -0.25) is 15.5 Å². The highest BCUT2D eigenvalue weighted by atomic mass is 16.5. The van der Waals surface area contributed by atoms with Crippen LogP contribution >= 0.6 is 0 Å². The fourth-order valence-corrected chi connectivity index (χ4v) is 2.05. The number of nitrogens with one attached hydrogen (secondary N) is 1. The molecule has 2 heterocycles. The normalized spacial score (nSPS) is 12.4. The van der Waals surface area contributed by atoms with Crippen LogP contribution in [0.1, 0.15) is 30.5 Å². The van der Waals surface area contributed by atoms with Crippen molar-refractivity contribution in [2.45, 2.75) is 25.9 Å². The molecule has 0 fully saturated rings. The first kappa shape index (κ1) is 13.5. The van der Waals surface area contributed by atoms with Crippen molar-refractivity contribution >= 4 is 0 Å². The average molecular weight is 261 g/mol. The zero-order valence-corrected chi connectivity index (χ0v) is 11.2. The Kier molecular flexibility index (Phi) is 4.48. The minimum atomic E-state index is -0.163. The summed E-state index contributed by atoms with van der Waals surface area (Å²) < 4.78 is 7.23. The molecule has 19 heavy (non-hydrogen) atoms. The van der Waals surface area contributed by atoms with Crippen LogP contribution in [0, 0.1) is 0 Å². The highest BCUT2D eigenvalue weighted by Crippen LogP contribution is 2.28. The van der Waals surface area contributed by atoms with Crippen molar-refractivity contribution in [3.8, 4) is 5.75 Å². The zero-order valence-electron chi connectivity index (χ0n) is 11.2. The number of ether oxygens (including phenoxy) is 1. The monoisotopic (exact) mass is 261 g/mol. The smallest absolute Gasteiger partial charge is 0.142 e. The second-order valence-electron chi connectivity index (χ2n) is 4.25. The number of aromatic nitrogens is 3. The lowest BCUT2D eigenvalue weighted by Gasteiger charge is -2.17. The van der Waals surface area contributed by atoms with Crippen molar-refractivity contribution in [3.63, 3.8) is 0 Å². The molecule has 0 aliphatic carbocycles. The Labute approximate surface area is 112 Å². The molecule has 2 rings (SSSR count). The van der Waals surface area contributed by atoms with Crippen LogP contribution in [-0.2, 0) is 6.54 Å². The Bertz CT molecular complexity index is 525. The standard InChI is InChI=1S/C13H19N5O/c1-3-6-18-9-10(7-16-18)13(17-14)11-4-5-15-8-12(11)19-2/h4-5,7-9,13,17H,3,6,14H2,1-2H3. The molecule has 6 heteroatoms. The van der Waals surface area contributed by atoms with Gasteiger partial charge >= 0.3 is 0 Å². The van der Waals surface area contributed by atoms with Crippen molar-refractivity contribution in [2.24, 2.45) is 5.84 Å². The van der Waals surface area contributed by atoms with E-state index in [9.17, 15) is 0 Å². The Balaban J connectivity index is 2.32. The molecule has 1 unspecified atom stereocenters. The molecule has 0 aliphatic heterocycles. The lowest BCUT2D eigenvalue weighted by atomic mass is 10.0. The molecule has 2 aromatic rings. The fraction of sp³-hybridized carbons (Fsp3) is 0.385. The molecule has 1 atom stereocenters. The van der Waals surface area contributed by atoms with Gasteiger partial charge in [0.25, 0.3) is 0 Å². The number of pyridine rings is 1. The predicted molar refractivity (Wildman–Crippen MR) is 72.5 cm³/mol. The maximum absolute atomic E-state index is 5.68. The van der Waals surface area contributed by atoms with E-state index >= 15 is 0 Å². The summed E-state index contributed by atoms with van der Waals surface area (Å²) in [6, 6.07) is 1.73. The van der Waals surface area contributed by atoms with Crippen LogP contribution in [0.2, 0.25) is 0 Å². The van der Waals surface area contributed by atoms with Gasteiger partial charge in [0.15, 0.2) is 0 Å². The Morgan fingerprint density at radius 3 is 3.00 bits per heavy atom. The van der Waals surface area contributed by atoms with Gasteiger partial charge in [0.1, 0.15) is 5.75 Å². The van der Waals surface area contributed by atoms with E-state index in [0.29, 0.717) is 5.75 Å². The van der Waals surface area contributed by atoms with Gasteiger partial charge < -0.3 is 4.74 Å². The van der Waals surface area contributed by atoms with Crippen molar-refractivity contribution in [2.75, 3.05) is 7.11 Å². The Morgan fingerprint density at radius 2 is 2.32 bits per heavy atom. The van der Waals surface area contributed by atoms with E-state index in [2.05, 4.69) is 22.4 Å². The summed E-state index contributed by atoms with van der Waals surface area (Å²) in [4.78, 5) is 4.05. The highest BCUT2D eigenvalue weighted by Gasteiger charge is 2.18. The molecule has 0 saturated heterocycles. The lowest BCUT2D eigenvalue weighted by Crippen LogP contribution is -2.29. The van der Waals surface area contributed by atoms with E-state index in [1.165, 1.54) is 0 Å². The topological polar surface area (TPSA) is 78.0 Å². The molecule has 0 aromatic carbocycles. The maximum Gasteiger partial charge on any atom is 0.142 e. The van der Waals surface area contributed by atoms with E-state index in [4.69, 9.17) is 10.6 Å². The summed E-state index contributed by atoms with van der Waals surface area (Å²) in [5.41, 5.74) is 4.74. The SMILES string of the molecule is CCCn1cc(C(NN)c2ccncc2OC)cn1. The molecule has 2 aromatic heterocycles. The zero-order chi connectivity index (χ0) is 13.7. The second-order valence-corrected chi connectivity index (χ2v) is 4.25. The van der Waals surface area contributed by atoms with E-state index < -0.39 is 0 Å². The van der Waals surface area contributed by atoms with Gasteiger partial charge in [0, 0.05) is 30.1 Å². The molecule has 6 nitrogen and oxygen atoms in total. The number of nitrogens with two attached hydrogens (primary N) is 1. The predicted octanol–water partition coefficient (Wildman–Crippen LogP) is 1.25. The van der Waals surface area contributed by atoms with Crippen LogP contribution in [0.5, 0.6) is 5.75 Å². The molecule has 3 N–H and O–H groups in total. The van der Waals surface area contributed by atoms with Gasteiger partial charge in [0.2, 0.25) is 0 Å². The van der Waals surface area contributed by atoms with Gasteiger partial charge in [0.05, 0.1) is 25.5 Å². The van der Waals surface area contributed by atoms with E-state index in [0.717, 1.165) is 24.1 Å². The number of aryl methyl sites for hydroxylation is 1. The van der Waals surface area contributed by atoms with Crippen LogP contribution < -0.4 is 16.0 Å². The fourth-order valence-electron chi connectivity index (χ4n) is 2.05. The number of hydrazine groups is 1. The molecular weight excluding hydrogens is 242 g/mol. The first-order chi connectivity index (χ1) is 9.30. The van der Waals surface area contributed by atoms with E-state index in [-0.39, 0.29) is 6.04 Å². The van der Waals surface area contributed by atoms with Crippen LogP contribution in [0.4, 0.5) is 0 Å². The number of methoxy groups -OCH3 is 1. The molecule has 0 spiro atoms. The molecular formula is C13H19N5O. The van der Waals surface area contributed by atoms with Crippen molar-refractivity contribution in [1.29, 1.82) is 0 Å². The summed E-state index contributed by atoms with van der Waals surface area (Å²) in [5.74, 6) is 6.38. The molecule has 0 bridgehead atoms. The highest BCUT2D eigenvalue weighted by molar-refractivity contribution is 5.38. The van der Waals surface area contributed by atoms with Crippen LogP contribution in [-0.4, -0.2) is 21.9 Å². The van der Waals surface area contributed by atoms with Crippen LogP contribution in [0.25, 0.3) is 0 Å². The van der Waals surface area contributed by atoms with Crippen LogP contribution in [0.15, 0.2) is 30.9 Å². The first-order valence-corrected chi connectivity index (χ1v) is 6.26. The summed E-state index contributed by atoms with van der Waals surface area (Å²) >= 11 is 0. The molecule has 0 saturated carbocycles. The van der Waals surface area contributed by atoms with E-state index in [1.807, 2.05) is 23.1 Å². The van der Waals surface area contributed by atoms with Crippen LogP contribution in [0.3, 0.4) is 0 Å². The third-order valence-electron chi connectivity index (χ3n) is 2.95. The summed E-state index contributed by atoms with van der Waals surface area (Å²) in [6.07, 6.45) is 8.25. The van der Waals surface area contributed by atoms with Crippen molar-refractivity contribution in [1.82, 2.24) is 20.2 Å². The van der Waals surface area contributed by atoms with Crippen molar-refractivity contribution in [3.05, 3.63) is 42.0 Å². The van der Waals surface area contributed by atoms with E-state index in [1.54, 1.807) is 19.5 Å². The van der Waals surface area contributed by atoms with Gasteiger partial charge in [-0.05, 0) is 12.5 Å². The summed E-state index contributed by atoms with van der Waals surface area (Å²) in [5, 5.41) is 4.32. The van der Waals surface area contributed by atoms with Gasteiger partial charge in [-0.2, -0.15) is 5.10 Å². The van der Waals surface area contributed by atoms with Gasteiger partial charge in [-0.15, -0.1) is 0 Å². The summed E-state index contributed by atoms with van der Waals surface area (Å²) in [7, 11) is 1.62. The number of hydrogen-bond acceptors (Lipinski definition) is 5. The molecule has 0 aliphatic rings. The largest absolute Gasteiger partial charge is 0.495 e. The van der Waals surface area contributed by atoms with Gasteiger partial charge in [-0.1, -0.05) is 6.92 Å². The number of rotatable bonds is 6. The minimum Gasteiger partial charge on any atom is -0.495 e. The second kappa shape index (κ2) is 6.31.